The van der Waals surface area contributed by atoms with Crippen molar-refractivity contribution in [1.82, 2.24) is 10.2 Å². The summed E-state index contributed by atoms with van der Waals surface area (Å²) in [5, 5.41) is 3.79. The average molecular weight is 259 g/mol. The number of rotatable bonds is 5. The smallest absolute Gasteiger partial charge is 0.127 e. The summed E-state index contributed by atoms with van der Waals surface area (Å²) in [5.41, 5.74) is 0.635. The summed E-state index contributed by atoms with van der Waals surface area (Å²) in [6.07, 6.45) is 0. The zero-order valence-corrected chi connectivity index (χ0v) is 11.6. The molecule has 1 N–H and O–H groups in total. The van der Waals surface area contributed by atoms with Gasteiger partial charge in [-0.05, 0) is 46.1 Å². The van der Waals surface area contributed by atoms with E-state index in [0.717, 1.165) is 6.54 Å². The zero-order chi connectivity index (χ0) is 13.1. The number of benzene rings is 1. The van der Waals surface area contributed by atoms with Crippen molar-refractivity contribution < 1.29 is 4.39 Å². The molecule has 0 aliphatic rings. The molecule has 2 nitrogen and oxygen atoms in total. The maximum Gasteiger partial charge on any atom is 0.127 e. The van der Waals surface area contributed by atoms with Gasteiger partial charge in [0.1, 0.15) is 5.82 Å². The lowest BCUT2D eigenvalue weighted by Gasteiger charge is -2.30. The first-order valence-electron chi connectivity index (χ1n) is 5.65. The van der Waals surface area contributed by atoms with E-state index in [1.807, 2.05) is 14.1 Å². The lowest BCUT2D eigenvalue weighted by molar-refractivity contribution is 0.236. The number of nitrogens with zero attached hydrogens (tertiary/aromatic N) is 1. The summed E-state index contributed by atoms with van der Waals surface area (Å²) < 4.78 is 13.5. The molecule has 96 valence electrons. The molecule has 0 aliphatic carbocycles. The van der Waals surface area contributed by atoms with Gasteiger partial charge in [0.2, 0.25) is 0 Å². The van der Waals surface area contributed by atoms with Crippen LogP contribution < -0.4 is 5.32 Å². The maximum atomic E-state index is 13.5. The van der Waals surface area contributed by atoms with Crippen LogP contribution in [0.5, 0.6) is 0 Å². The molecule has 0 fully saturated rings. The Morgan fingerprint density at radius 3 is 2.65 bits per heavy atom. The van der Waals surface area contributed by atoms with Gasteiger partial charge in [0.25, 0.3) is 0 Å². The molecular weight excluding hydrogens is 239 g/mol. The fourth-order valence-electron chi connectivity index (χ4n) is 1.77. The number of likely N-dealkylation sites (N-methyl/N-ethyl adjacent to an activating group) is 2. The van der Waals surface area contributed by atoms with Crippen LogP contribution in [0.4, 0.5) is 4.39 Å². The standard InChI is InChI=1S/C13H20ClFN2/c1-13(2,16-3)9-17(4)8-10-7-11(14)5-6-12(10)15/h5-7,16H,8-9H2,1-4H3. The van der Waals surface area contributed by atoms with E-state index in [4.69, 9.17) is 11.6 Å². The van der Waals surface area contributed by atoms with Gasteiger partial charge in [-0.3, -0.25) is 0 Å². The van der Waals surface area contributed by atoms with Gasteiger partial charge in [0, 0.05) is 29.2 Å². The molecule has 0 aliphatic heterocycles. The minimum atomic E-state index is -0.205. The van der Waals surface area contributed by atoms with Crippen molar-refractivity contribution in [3.05, 3.63) is 34.6 Å². The van der Waals surface area contributed by atoms with Gasteiger partial charge in [0.05, 0.1) is 0 Å². The van der Waals surface area contributed by atoms with Gasteiger partial charge in [-0.25, -0.2) is 4.39 Å². The summed E-state index contributed by atoms with van der Waals surface area (Å²) >= 11 is 5.86. The van der Waals surface area contributed by atoms with Crippen LogP contribution in [0.25, 0.3) is 0 Å². The van der Waals surface area contributed by atoms with Gasteiger partial charge >= 0.3 is 0 Å². The van der Waals surface area contributed by atoms with Crippen molar-refractivity contribution in [3.63, 3.8) is 0 Å². The summed E-state index contributed by atoms with van der Waals surface area (Å²) in [7, 11) is 3.90. The molecule has 0 unspecified atom stereocenters. The topological polar surface area (TPSA) is 15.3 Å². The van der Waals surface area contributed by atoms with Crippen molar-refractivity contribution in [1.29, 1.82) is 0 Å². The van der Waals surface area contributed by atoms with Crippen LogP contribution in [-0.4, -0.2) is 31.1 Å². The molecule has 0 atom stereocenters. The molecule has 17 heavy (non-hydrogen) atoms. The molecule has 0 heterocycles. The Balaban J connectivity index is 2.68. The monoisotopic (exact) mass is 258 g/mol. The quantitative estimate of drug-likeness (QED) is 0.874. The van der Waals surface area contributed by atoms with E-state index in [-0.39, 0.29) is 11.4 Å². The molecule has 1 aromatic rings. The zero-order valence-electron chi connectivity index (χ0n) is 10.8. The molecular formula is C13H20ClFN2. The van der Waals surface area contributed by atoms with Gasteiger partial charge in [-0.1, -0.05) is 11.6 Å². The average Bonchev–Trinajstić information content (AvgIpc) is 2.23. The van der Waals surface area contributed by atoms with Gasteiger partial charge in [0.15, 0.2) is 0 Å². The van der Waals surface area contributed by atoms with Crippen LogP contribution in [0, 0.1) is 5.82 Å². The highest BCUT2D eigenvalue weighted by atomic mass is 35.5. The second kappa shape index (κ2) is 5.80. The maximum absolute atomic E-state index is 13.5. The Bertz CT molecular complexity index is 380. The van der Waals surface area contributed by atoms with E-state index in [1.165, 1.54) is 6.07 Å². The highest BCUT2D eigenvalue weighted by molar-refractivity contribution is 6.30. The Kier molecular flexibility index (Phi) is 4.92. The molecule has 0 spiro atoms. The third kappa shape index (κ3) is 4.62. The van der Waals surface area contributed by atoms with Crippen molar-refractivity contribution >= 4 is 11.6 Å². The van der Waals surface area contributed by atoms with Crippen molar-refractivity contribution in [3.8, 4) is 0 Å². The van der Waals surface area contributed by atoms with E-state index in [1.54, 1.807) is 12.1 Å². The SMILES string of the molecule is CNC(C)(C)CN(C)Cc1cc(Cl)ccc1F. The van der Waals surface area contributed by atoms with Crippen LogP contribution in [0.3, 0.4) is 0 Å². The predicted octanol–water partition coefficient (Wildman–Crippen LogP) is 2.91. The van der Waals surface area contributed by atoms with Crippen LogP contribution in [-0.2, 0) is 6.54 Å². The molecule has 0 saturated carbocycles. The first-order chi connectivity index (χ1) is 7.84. The molecule has 0 bridgehead atoms. The van der Waals surface area contributed by atoms with Gasteiger partial charge < -0.3 is 10.2 Å². The van der Waals surface area contributed by atoms with Crippen molar-refractivity contribution in [2.45, 2.75) is 25.9 Å². The Morgan fingerprint density at radius 1 is 1.41 bits per heavy atom. The number of hydrogen-bond acceptors (Lipinski definition) is 2. The predicted molar refractivity (Wildman–Crippen MR) is 70.9 cm³/mol. The van der Waals surface area contributed by atoms with E-state index in [9.17, 15) is 4.39 Å². The molecule has 0 radical (unpaired) electrons. The van der Waals surface area contributed by atoms with Crippen molar-refractivity contribution in [2.75, 3.05) is 20.6 Å². The summed E-state index contributed by atoms with van der Waals surface area (Å²) in [4.78, 5) is 2.07. The fourth-order valence-corrected chi connectivity index (χ4v) is 1.96. The Morgan fingerprint density at radius 2 is 2.06 bits per heavy atom. The summed E-state index contributed by atoms with van der Waals surface area (Å²) in [6, 6.07) is 4.66. The van der Waals surface area contributed by atoms with Crippen LogP contribution in [0.15, 0.2) is 18.2 Å². The lowest BCUT2D eigenvalue weighted by Crippen LogP contribution is -2.46. The molecule has 0 aromatic heterocycles. The van der Waals surface area contributed by atoms with Crippen LogP contribution in [0.1, 0.15) is 19.4 Å². The first kappa shape index (κ1) is 14.4. The van der Waals surface area contributed by atoms with E-state index in [0.29, 0.717) is 17.1 Å². The highest BCUT2D eigenvalue weighted by Gasteiger charge is 2.18. The molecule has 1 rings (SSSR count). The largest absolute Gasteiger partial charge is 0.314 e. The molecule has 0 amide bonds. The van der Waals surface area contributed by atoms with Crippen LogP contribution in [0.2, 0.25) is 5.02 Å². The minimum Gasteiger partial charge on any atom is -0.314 e. The normalized spacial score (nSPS) is 12.2. The highest BCUT2D eigenvalue weighted by Crippen LogP contribution is 2.17. The van der Waals surface area contributed by atoms with E-state index < -0.39 is 0 Å². The van der Waals surface area contributed by atoms with Crippen molar-refractivity contribution in [2.24, 2.45) is 0 Å². The Hall–Kier alpha value is -0.640. The van der Waals surface area contributed by atoms with E-state index in [2.05, 4.69) is 24.1 Å². The lowest BCUT2D eigenvalue weighted by atomic mass is 10.1. The van der Waals surface area contributed by atoms with Gasteiger partial charge in [-0.2, -0.15) is 0 Å². The third-order valence-corrected chi connectivity index (χ3v) is 3.03. The van der Waals surface area contributed by atoms with Gasteiger partial charge in [-0.15, -0.1) is 0 Å². The first-order valence-corrected chi connectivity index (χ1v) is 6.03. The number of halogens is 2. The minimum absolute atomic E-state index is 0.00377. The second-order valence-corrected chi connectivity index (χ2v) is 5.48. The third-order valence-electron chi connectivity index (χ3n) is 2.79. The fraction of sp³-hybridized carbons (Fsp3) is 0.538. The molecule has 1 aromatic carbocycles. The second-order valence-electron chi connectivity index (χ2n) is 5.04. The molecule has 4 heteroatoms. The Labute approximate surface area is 108 Å². The molecule has 0 saturated heterocycles. The van der Waals surface area contributed by atoms with E-state index >= 15 is 0 Å². The summed E-state index contributed by atoms with van der Waals surface area (Å²) in [6.45, 7) is 5.60. The number of hydrogen-bond donors (Lipinski definition) is 1. The summed E-state index contributed by atoms with van der Waals surface area (Å²) in [5.74, 6) is -0.205. The van der Waals surface area contributed by atoms with Crippen LogP contribution >= 0.6 is 11.6 Å². The number of nitrogens with one attached hydrogen (secondary N) is 1.